The molecule has 0 spiro atoms. The lowest BCUT2D eigenvalue weighted by Gasteiger charge is -2.12. The monoisotopic (exact) mass is 278 g/mol. The van der Waals surface area contributed by atoms with Crippen molar-refractivity contribution >= 4 is 17.3 Å². The summed E-state index contributed by atoms with van der Waals surface area (Å²) in [6.07, 6.45) is 5.38. The fourth-order valence-electron chi connectivity index (χ4n) is 2.41. The number of nitrogen functional groups attached to an aromatic ring is 1. The molecule has 0 saturated heterocycles. The number of carbonyl (C=O) groups excluding carboxylic acids is 1. The van der Waals surface area contributed by atoms with Crippen LogP contribution in [0.25, 0.3) is 0 Å². The largest absolute Gasteiger partial charge is 0.495 e. The first kappa shape index (κ1) is 14.7. The van der Waals surface area contributed by atoms with Crippen LogP contribution < -0.4 is 15.8 Å². The quantitative estimate of drug-likeness (QED) is 0.784. The maximum atomic E-state index is 11.9. The van der Waals surface area contributed by atoms with Crippen molar-refractivity contribution in [2.75, 3.05) is 24.8 Å². The van der Waals surface area contributed by atoms with E-state index in [1.807, 2.05) is 0 Å². The van der Waals surface area contributed by atoms with E-state index < -0.39 is 0 Å². The molecule has 3 N–H and O–H groups in total. The van der Waals surface area contributed by atoms with Crippen LogP contribution in [0.5, 0.6) is 5.75 Å². The van der Waals surface area contributed by atoms with E-state index in [2.05, 4.69) is 5.32 Å². The van der Waals surface area contributed by atoms with Crippen molar-refractivity contribution in [2.24, 2.45) is 0 Å². The van der Waals surface area contributed by atoms with E-state index in [0.29, 0.717) is 36.3 Å². The standard InChI is InChI=1S/C15H22N2O3/c1-19-14-7-6-11(16)10-13(14)17-15(18)8-9-20-12-4-2-3-5-12/h6-7,10,12H,2-5,8-9,16H2,1H3,(H,17,18). The Hall–Kier alpha value is -1.75. The lowest BCUT2D eigenvalue weighted by atomic mass is 10.2. The zero-order chi connectivity index (χ0) is 14.4. The molecule has 0 radical (unpaired) electrons. The summed E-state index contributed by atoms with van der Waals surface area (Å²) in [4.78, 5) is 11.9. The Bertz CT molecular complexity index is 456. The van der Waals surface area contributed by atoms with Gasteiger partial charge in [0, 0.05) is 5.69 Å². The molecule has 1 aliphatic rings. The van der Waals surface area contributed by atoms with E-state index >= 15 is 0 Å². The molecule has 1 aliphatic carbocycles. The van der Waals surface area contributed by atoms with Gasteiger partial charge in [-0.3, -0.25) is 4.79 Å². The first-order chi connectivity index (χ1) is 9.69. The van der Waals surface area contributed by atoms with Crippen LogP contribution in [0, 0.1) is 0 Å². The van der Waals surface area contributed by atoms with Gasteiger partial charge in [-0.25, -0.2) is 0 Å². The summed E-state index contributed by atoms with van der Waals surface area (Å²) in [5.41, 5.74) is 6.89. The molecule has 0 atom stereocenters. The maximum absolute atomic E-state index is 11.9. The van der Waals surface area contributed by atoms with Gasteiger partial charge in [0.15, 0.2) is 0 Å². The number of anilines is 2. The summed E-state index contributed by atoms with van der Waals surface area (Å²) in [5.74, 6) is 0.510. The number of methoxy groups -OCH3 is 1. The second-order valence-corrected chi connectivity index (χ2v) is 5.04. The first-order valence-electron chi connectivity index (χ1n) is 7.04. The lowest BCUT2D eigenvalue weighted by Crippen LogP contribution is -2.17. The van der Waals surface area contributed by atoms with Crippen molar-refractivity contribution in [3.05, 3.63) is 18.2 Å². The van der Waals surface area contributed by atoms with Gasteiger partial charge in [0.25, 0.3) is 0 Å². The third-order valence-corrected chi connectivity index (χ3v) is 3.48. The van der Waals surface area contributed by atoms with E-state index in [0.717, 1.165) is 12.8 Å². The highest BCUT2D eigenvalue weighted by atomic mass is 16.5. The van der Waals surface area contributed by atoms with E-state index in [-0.39, 0.29) is 5.91 Å². The normalized spacial score (nSPS) is 15.2. The van der Waals surface area contributed by atoms with Gasteiger partial charge in [0.1, 0.15) is 5.75 Å². The van der Waals surface area contributed by atoms with Gasteiger partial charge in [-0.05, 0) is 31.0 Å². The molecule has 5 nitrogen and oxygen atoms in total. The van der Waals surface area contributed by atoms with Crippen molar-refractivity contribution in [1.82, 2.24) is 0 Å². The minimum atomic E-state index is -0.0908. The van der Waals surface area contributed by atoms with Gasteiger partial charge in [0.2, 0.25) is 5.91 Å². The van der Waals surface area contributed by atoms with E-state index in [1.165, 1.54) is 12.8 Å². The number of hydrogen-bond donors (Lipinski definition) is 2. The maximum Gasteiger partial charge on any atom is 0.226 e. The van der Waals surface area contributed by atoms with Crippen molar-refractivity contribution in [1.29, 1.82) is 0 Å². The highest BCUT2D eigenvalue weighted by Crippen LogP contribution is 2.26. The van der Waals surface area contributed by atoms with Gasteiger partial charge in [0.05, 0.1) is 31.9 Å². The minimum absolute atomic E-state index is 0.0908. The average Bonchev–Trinajstić information content (AvgIpc) is 2.92. The van der Waals surface area contributed by atoms with Crippen molar-refractivity contribution in [3.63, 3.8) is 0 Å². The topological polar surface area (TPSA) is 73.6 Å². The highest BCUT2D eigenvalue weighted by molar-refractivity contribution is 5.92. The van der Waals surface area contributed by atoms with Crippen LogP contribution in [-0.4, -0.2) is 25.7 Å². The molecule has 1 saturated carbocycles. The molecule has 1 aromatic rings. The number of hydrogen-bond acceptors (Lipinski definition) is 4. The Morgan fingerprint density at radius 2 is 2.15 bits per heavy atom. The zero-order valence-corrected chi connectivity index (χ0v) is 11.9. The molecule has 0 aromatic heterocycles. The third-order valence-electron chi connectivity index (χ3n) is 3.48. The van der Waals surface area contributed by atoms with Crippen LogP contribution in [0.2, 0.25) is 0 Å². The van der Waals surface area contributed by atoms with Gasteiger partial charge < -0.3 is 20.5 Å². The summed E-state index contributed by atoms with van der Waals surface area (Å²) in [7, 11) is 1.56. The molecule has 5 heteroatoms. The summed E-state index contributed by atoms with van der Waals surface area (Å²) >= 11 is 0. The SMILES string of the molecule is COc1ccc(N)cc1NC(=O)CCOC1CCCC1. The number of benzene rings is 1. The van der Waals surface area contributed by atoms with Crippen LogP contribution in [0.15, 0.2) is 18.2 Å². The van der Waals surface area contributed by atoms with Crippen LogP contribution in [0.4, 0.5) is 11.4 Å². The minimum Gasteiger partial charge on any atom is -0.495 e. The molecule has 1 aromatic carbocycles. The van der Waals surface area contributed by atoms with Crippen molar-refractivity contribution in [2.45, 2.75) is 38.2 Å². The summed E-state index contributed by atoms with van der Waals surface area (Å²) in [6.45, 7) is 0.459. The van der Waals surface area contributed by atoms with Gasteiger partial charge in [-0.2, -0.15) is 0 Å². The van der Waals surface area contributed by atoms with E-state index in [4.69, 9.17) is 15.2 Å². The van der Waals surface area contributed by atoms with Crippen LogP contribution >= 0.6 is 0 Å². The summed E-state index contributed by atoms with van der Waals surface area (Å²) < 4.78 is 10.9. The lowest BCUT2D eigenvalue weighted by molar-refractivity contribution is -0.117. The Morgan fingerprint density at radius 1 is 1.40 bits per heavy atom. The third kappa shape index (κ3) is 4.13. The predicted octanol–water partition coefficient (Wildman–Crippen LogP) is 2.57. The zero-order valence-electron chi connectivity index (χ0n) is 11.9. The molecule has 20 heavy (non-hydrogen) atoms. The Labute approximate surface area is 119 Å². The fourth-order valence-corrected chi connectivity index (χ4v) is 2.41. The molecule has 110 valence electrons. The van der Waals surface area contributed by atoms with Crippen molar-refractivity contribution < 1.29 is 14.3 Å². The number of amides is 1. The first-order valence-corrected chi connectivity index (χ1v) is 7.04. The summed E-state index contributed by atoms with van der Waals surface area (Å²) in [5, 5.41) is 2.80. The fraction of sp³-hybridized carbons (Fsp3) is 0.533. The molecule has 1 amide bonds. The number of carbonyl (C=O) groups is 1. The van der Waals surface area contributed by atoms with Crippen LogP contribution in [0.1, 0.15) is 32.1 Å². The van der Waals surface area contributed by atoms with E-state index in [1.54, 1.807) is 25.3 Å². The second kappa shape index (κ2) is 7.14. The molecular formula is C15H22N2O3. The van der Waals surface area contributed by atoms with Gasteiger partial charge in [-0.15, -0.1) is 0 Å². The second-order valence-electron chi connectivity index (χ2n) is 5.04. The number of nitrogens with two attached hydrogens (primary N) is 1. The Balaban J connectivity index is 1.80. The highest BCUT2D eigenvalue weighted by Gasteiger charge is 2.15. The van der Waals surface area contributed by atoms with Crippen molar-refractivity contribution in [3.8, 4) is 5.75 Å². The smallest absolute Gasteiger partial charge is 0.226 e. The van der Waals surface area contributed by atoms with Gasteiger partial charge >= 0.3 is 0 Å². The number of rotatable bonds is 6. The molecule has 0 heterocycles. The Morgan fingerprint density at radius 3 is 2.85 bits per heavy atom. The molecule has 0 aliphatic heterocycles. The molecule has 1 fully saturated rings. The molecular weight excluding hydrogens is 256 g/mol. The average molecular weight is 278 g/mol. The molecule has 2 rings (SSSR count). The molecule has 0 bridgehead atoms. The number of ether oxygens (including phenoxy) is 2. The molecule has 0 unspecified atom stereocenters. The summed E-state index contributed by atoms with van der Waals surface area (Å²) in [6, 6.07) is 5.16. The van der Waals surface area contributed by atoms with Crippen LogP contribution in [-0.2, 0) is 9.53 Å². The van der Waals surface area contributed by atoms with E-state index in [9.17, 15) is 4.79 Å². The number of nitrogens with one attached hydrogen (secondary N) is 1. The predicted molar refractivity (Wildman–Crippen MR) is 78.9 cm³/mol. The van der Waals surface area contributed by atoms with Gasteiger partial charge in [-0.1, -0.05) is 12.8 Å². The Kier molecular flexibility index (Phi) is 5.24. The van der Waals surface area contributed by atoms with Crippen LogP contribution in [0.3, 0.4) is 0 Å².